The third-order valence-electron chi connectivity index (χ3n) is 8.61. The van der Waals surface area contributed by atoms with Crippen molar-refractivity contribution in [2.45, 2.75) is 44.3 Å². The summed E-state index contributed by atoms with van der Waals surface area (Å²) in [6.07, 6.45) is 3.97. The molecule has 3 aliphatic rings. The number of ether oxygens (including phenoxy) is 5. The number of likely N-dealkylation sites (tertiary alicyclic amines) is 1. The van der Waals surface area contributed by atoms with Crippen LogP contribution in [0.4, 0.5) is 4.79 Å². The number of methoxy groups -OCH3 is 5. The SMILES string of the molecule is COCCN1C(=O)N2Cc3cc(OC)cc(OC)c3C(C)C=C2C12CCN(Cc1cc(OC)cc(OC)c1)CC2. The second-order valence-electron chi connectivity index (χ2n) is 10.8. The first-order valence-corrected chi connectivity index (χ1v) is 13.9. The van der Waals surface area contributed by atoms with Gasteiger partial charge in [0.15, 0.2) is 0 Å². The summed E-state index contributed by atoms with van der Waals surface area (Å²) in [5.41, 5.74) is 4.02. The van der Waals surface area contributed by atoms with Crippen molar-refractivity contribution >= 4 is 6.03 Å². The van der Waals surface area contributed by atoms with Gasteiger partial charge in [0.25, 0.3) is 0 Å². The lowest BCUT2D eigenvalue weighted by Crippen LogP contribution is -2.54. The summed E-state index contributed by atoms with van der Waals surface area (Å²) >= 11 is 0. The molecule has 1 spiro atoms. The molecular formula is C31H41N3O6. The van der Waals surface area contributed by atoms with Crippen LogP contribution in [-0.4, -0.2) is 88.1 Å². The number of benzene rings is 2. The van der Waals surface area contributed by atoms with Crippen LogP contribution < -0.4 is 18.9 Å². The Balaban J connectivity index is 1.45. The van der Waals surface area contributed by atoms with Crippen LogP contribution in [0, 0.1) is 0 Å². The van der Waals surface area contributed by atoms with E-state index >= 15 is 0 Å². The maximum Gasteiger partial charge on any atom is 0.325 e. The summed E-state index contributed by atoms with van der Waals surface area (Å²) in [6.45, 7) is 6.23. The topological polar surface area (TPSA) is 72.9 Å². The molecule has 0 radical (unpaired) electrons. The Hall–Kier alpha value is -3.43. The molecule has 2 fully saturated rings. The van der Waals surface area contributed by atoms with Gasteiger partial charge in [0.1, 0.15) is 23.0 Å². The van der Waals surface area contributed by atoms with E-state index in [2.05, 4.69) is 34.9 Å². The molecule has 2 aromatic carbocycles. The van der Waals surface area contributed by atoms with E-state index in [0.717, 1.165) is 77.9 Å². The van der Waals surface area contributed by atoms with E-state index in [9.17, 15) is 4.79 Å². The van der Waals surface area contributed by atoms with Gasteiger partial charge in [0.05, 0.1) is 47.1 Å². The Labute approximate surface area is 237 Å². The number of allylic oxidation sites excluding steroid dienone is 1. The quantitative estimate of drug-likeness (QED) is 0.450. The normalized spacial score (nSPS) is 20.1. The smallest absolute Gasteiger partial charge is 0.325 e. The molecule has 40 heavy (non-hydrogen) atoms. The maximum atomic E-state index is 14.1. The first kappa shape index (κ1) is 28.1. The van der Waals surface area contributed by atoms with E-state index in [1.165, 1.54) is 0 Å². The molecule has 2 aromatic rings. The van der Waals surface area contributed by atoms with Gasteiger partial charge in [-0.15, -0.1) is 0 Å². The van der Waals surface area contributed by atoms with Gasteiger partial charge in [-0.05, 0) is 42.2 Å². The highest BCUT2D eigenvalue weighted by atomic mass is 16.5. The Morgan fingerprint density at radius 1 is 0.875 bits per heavy atom. The van der Waals surface area contributed by atoms with Gasteiger partial charge in [0.2, 0.25) is 0 Å². The van der Waals surface area contributed by atoms with Crippen molar-refractivity contribution in [1.82, 2.24) is 14.7 Å². The molecule has 0 aliphatic carbocycles. The van der Waals surface area contributed by atoms with Crippen LogP contribution in [0.25, 0.3) is 0 Å². The van der Waals surface area contributed by atoms with Crippen LogP contribution in [-0.2, 0) is 17.8 Å². The summed E-state index contributed by atoms with van der Waals surface area (Å²) in [5.74, 6) is 3.17. The third-order valence-corrected chi connectivity index (χ3v) is 8.61. The number of nitrogens with zero attached hydrogens (tertiary/aromatic N) is 3. The molecule has 0 saturated carbocycles. The number of carbonyl (C=O) groups is 1. The van der Waals surface area contributed by atoms with E-state index < -0.39 is 0 Å². The van der Waals surface area contributed by atoms with Crippen molar-refractivity contribution in [1.29, 1.82) is 0 Å². The van der Waals surface area contributed by atoms with Crippen LogP contribution >= 0.6 is 0 Å². The predicted molar refractivity (Wildman–Crippen MR) is 152 cm³/mol. The molecule has 3 aliphatic heterocycles. The lowest BCUT2D eigenvalue weighted by Gasteiger charge is -2.44. The second-order valence-corrected chi connectivity index (χ2v) is 10.8. The fourth-order valence-electron chi connectivity index (χ4n) is 6.62. The molecule has 9 heteroatoms. The van der Waals surface area contributed by atoms with Crippen LogP contribution in [0.15, 0.2) is 42.1 Å². The number of piperidine rings is 1. The number of hydrogen-bond donors (Lipinski definition) is 0. The van der Waals surface area contributed by atoms with Gasteiger partial charge in [-0.1, -0.05) is 13.0 Å². The van der Waals surface area contributed by atoms with Crippen molar-refractivity contribution in [3.05, 3.63) is 58.8 Å². The van der Waals surface area contributed by atoms with Crippen molar-refractivity contribution in [3.63, 3.8) is 0 Å². The van der Waals surface area contributed by atoms with E-state index in [-0.39, 0.29) is 17.5 Å². The van der Waals surface area contributed by atoms with E-state index in [1.54, 1.807) is 35.5 Å². The zero-order chi connectivity index (χ0) is 28.4. The maximum absolute atomic E-state index is 14.1. The fraction of sp³-hybridized carbons (Fsp3) is 0.516. The predicted octanol–water partition coefficient (Wildman–Crippen LogP) is 4.64. The number of carbonyl (C=O) groups excluding carboxylic acids is 1. The van der Waals surface area contributed by atoms with Gasteiger partial charge >= 0.3 is 6.03 Å². The molecule has 5 rings (SSSR count). The van der Waals surface area contributed by atoms with Crippen molar-refractivity contribution in [3.8, 4) is 23.0 Å². The summed E-state index contributed by atoms with van der Waals surface area (Å²) in [6, 6.07) is 10.0. The van der Waals surface area contributed by atoms with Crippen molar-refractivity contribution in [2.75, 3.05) is 61.8 Å². The van der Waals surface area contributed by atoms with Gasteiger partial charge in [-0.2, -0.15) is 0 Å². The lowest BCUT2D eigenvalue weighted by molar-refractivity contribution is 0.0669. The Bertz CT molecular complexity index is 1250. The summed E-state index contributed by atoms with van der Waals surface area (Å²) < 4.78 is 27.8. The average molecular weight is 552 g/mol. The number of urea groups is 1. The monoisotopic (exact) mass is 551 g/mol. The van der Waals surface area contributed by atoms with Gasteiger partial charge < -0.3 is 28.6 Å². The van der Waals surface area contributed by atoms with Crippen molar-refractivity contribution < 1.29 is 28.5 Å². The molecule has 1 atom stereocenters. The van der Waals surface area contributed by atoms with Crippen LogP contribution in [0.2, 0.25) is 0 Å². The number of amides is 2. The molecular weight excluding hydrogens is 510 g/mol. The molecule has 9 nitrogen and oxygen atoms in total. The Kier molecular flexibility index (Phi) is 8.14. The minimum Gasteiger partial charge on any atom is -0.497 e. The first-order valence-electron chi connectivity index (χ1n) is 13.9. The minimum absolute atomic E-state index is 0.0381. The van der Waals surface area contributed by atoms with E-state index in [4.69, 9.17) is 23.7 Å². The summed E-state index contributed by atoms with van der Waals surface area (Å²) in [4.78, 5) is 20.5. The molecule has 0 aromatic heterocycles. The Morgan fingerprint density at radius 2 is 1.52 bits per heavy atom. The number of fused-ring (bicyclic) bond motifs is 3. The number of hydrogen-bond acceptors (Lipinski definition) is 7. The molecule has 2 saturated heterocycles. The van der Waals surface area contributed by atoms with E-state index in [1.807, 2.05) is 23.1 Å². The van der Waals surface area contributed by atoms with Gasteiger partial charge in [-0.25, -0.2) is 4.79 Å². The van der Waals surface area contributed by atoms with Crippen LogP contribution in [0.1, 0.15) is 42.4 Å². The van der Waals surface area contributed by atoms with Crippen molar-refractivity contribution in [2.24, 2.45) is 0 Å². The molecule has 0 N–H and O–H groups in total. The Morgan fingerprint density at radius 3 is 2.12 bits per heavy atom. The largest absolute Gasteiger partial charge is 0.497 e. The molecule has 1 unspecified atom stereocenters. The highest BCUT2D eigenvalue weighted by Crippen LogP contribution is 2.49. The molecule has 2 amide bonds. The highest BCUT2D eigenvalue weighted by Gasteiger charge is 2.55. The van der Waals surface area contributed by atoms with Crippen LogP contribution in [0.5, 0.6) is 23.0 Å². The first-order chi connectivity index (χ1) is 19.4. The zero-order valence-corrected chi connectivity index (χ0v) is 24.5. The van der Waals surface area contributed by atoms with Crippen LogP contribution in [0.3, 0.4) is 0 Å². The zero-order valence-electron chi connectivity index (χ0n) is 24.5. The summed E-state index contributed by atoms with van der Waals surface area (Å²) in [5, 5.41) is 0. The third kappa shape index (κ3) is 4.97. The average Bonchev–Trinajstić information content (AvgIpc) is 3.07. The van der Waals surface area contributed by atoms with Gasteiger partial charge in [-0.3, -0.25) is 9.80 Å². The molecule has 3 heterocycles. The highest BCUT2D eigenvalue weighted by molar-refractivity contribution is 5.83. The standard InChI is InChI=1S/C31H41N3O6/c1-21-13-28-31(7-9-32(10-8-31)19-22-14-24(37-3)17-25(15-22)38-4)34(11-12-36-2)30(35)33(28)20-23-16-26(39-5)18-27(40-6)29(21)23/h13-18,21H,7-12,19-20H2,1-6H3. The fourth-order valence-corrected chi connectivity index (χ4v) is 6.62. The second kappa shape index (κ2) is 11.6. The van der Waals surface area contributed by atoms with Gasteiger partial charge in [0, 0.05) is 62.6 Å². The minimum atomic E-state index is -0.383. The summed E-state index contributed by atoms with van der Waals surface area (Å²) in [7, 11) is 8.38. The number of rotatable bonds is 9. The van der Waals surface area contributed by atoms with E-state index in [0.29, 0.717) is 19.7 Å². The molecule has 0 bridgehead atoms. The lowest BCUT2D eigenvalue weighted by atomic mass is 9.82. The molecule has 216 valence electrons.